The van der Waals surface area contributed by atoms with Gasteiger partial charge in [-0.3, -0.25) is 15.0 Å². The Morgan fingerprint density at radius 2 is 1.95 bits per heavy atom. The van der Waals surface area contributed by atoms with Gasteiger partial charge in [-0.2, -0.15) is 0 Å². The minimum atomic E-state index is -0.646. The number of hydroxylamine groups is 1. The SMILES string of the molecule is O=C(NOCc1ccccc1)Nc1ccc(Cl)c([N+](=O)[O-])c1. The average Bonchev–Trinajstić information content (AvgIpc) is 2.50. The van der Waals surface area contributed by atoms with Gasteiger partial charge in [-0.1, -0.05) is 41.9 Å². The van der Waals surface area contributed by atoms with Crippen molar-refractivity contribution in [3.05, 3.63) is 69.2 Å². The molecule has 2 rings (SSSR count). The number of carbonyl (C=O) groups excluding carboxylic acids is 1. The number of carbonyl (C=O) groups is 1. The summed E-state index contributed by atoms with van der Waals surface area (Å²) in [4.78, 5) is 26.8. The van der Waals surface area contributed by atoms with Crippen molar-refractivity contribution in [2.24, 2.45) is 0 Å². The molecule has 2 N–H and O–H groups in total. The summed E-state index contributed by atoms with van der Waals surface area (Å²) in [6, 6.07) is 12.6. The van der Waals surface area contributed by atoms with E-state index in [0.29, 0.717) is 0 Å². The molecule has 0 unspecified atom stereocenters. The third-order valence-electron chi connectivity index (χ3n) is 2.65. The lowest BCUT2D eigenvalue weighted by atomic mass is 10.2. The number of hydrogen-bond acceptors (Lipinski definition) is 4. The predicted molar refractivity (Wildman–Crippen MR) is 81.5 cm³/mol. The number of urea groups is 1. The number of nitro groups is 1. The highest BCUT2D eigenvalue weighted by molar-refractivity contribution is 6.32. The fourth-order valence-corrected chi connectivity index (χ4v) is 1.83. The van der Waals surface area contributed by atoms with Crippen LogP contribution in [0.25, 0.3) is 0 Å². The monoisotopic (exact) mass is 321 g/mol. The lowest BCUT2D eigenvalue weighted by Crippen LogP contribution is -2.28. The molecule has 2 amide bonds. The number of nitrogens with zero attached hydrogens (tertiary/aromatic N) is 1. The molecule has 2 aromatic carbocycles. The van der Waals surface area contributed by atoms with Crippen LogP contribution < -0.4 is 10.8 Å². The summed E-state index contributed by atoms with van der Waals surface area (Å²) in [5, 5.41) is 13.2. The van der Waals surface area contributed by atoms with E-state index in [-0.39, 0.29) is 23.0 Å². The van der Waals surface area contributed by atoms with E-state index in [9.17, 15) is 14.9 Å². The molecule has 0 fully saturated rings. The first-order chi connectivity index (χ1) is 10.6. The van der Waals surface area contributed by atoms with Crippen LogP contribution in [0.2, 0.25) is 5.02 Å². The van der Waals surface area contributed by atoms with Gasteiger partial charge >= 0.3 is 6.03 Å². The van der Waals surface area contributed by atoms with E-state index in [4.69, 9.17) is 16.4 Å². The molecule has 114 valence electrons. The van der Waals surface area contributed by atoms with Crippen molar-refractivity contribution < 1.29 is 14.6 Å². The van der Waals surface area contributed by atoms with Crippen molar-refractivity contribution in [2.75, 3.05) is 5.32 Å². The van der Waals surface area contributed by atoms with E-state index >= 15 is 0 Å². The molecule has 22 heavy (non-hydrogen) atoms. The van der Waals surface area contributed by atoms with Crippen LogP contribution in [0.15, 0.2) is 48.5 Å². The first kappa shape index (κ1) is 15.7. The molecule has 7 nitrogen and oxygen atoms in total. The highest BCUT2D eigenvalue weighted by Gasteiger charge is 2.13. The minimum Gasteiger partial charge on any atom is -0.306 e. The van der Waals surface area contributed by atoms with Gasteiger partial charge in [0.1, 0.15) is 5.02 Å². The Hall–Kier alpha value is -2.64. The van der Waals surface area contributed by atoms with Crippen LogP contribution in [0, 0.1) is 10.1 Å². The van der Waals surface area contributed by atoms with E-state index < -0.39 is 11.0 Å². The van der Waals surface area contributed by atoms with E-state index in [1.54, 1.807) is 0 Å². The first-order valence-electron chi connectivity index (χ1n) is 6.23. The summed E-state index contributed by atoms with van der Waals surface area (Å²) in [7, 11) is 0. The highest BCUT2D eigenvalue weighted by Crippen LogP contribution is 2.27. The minimum absolute atomic E-state index is 0.00344. The van der Waals surface area contributed by atoms with Crippen LogP contribution in [-0.2, 0) is 11.4 Å². The molecule has 0 aromatic heterocycles. The number of benzene rings is 2. The summed E-state index contributed by atoms with van der Waals surface area (Å²) < 4.78 is 0. The standard InChI is InChI=1S/C14H12ClN3O4/c15-12-7-6-11(8-13(12)18(20)21)16-14(19)17-22-9-10-4-2-1-3-5-10/h1-8H,9H2,(H2,16,17,19). The maximum Gasteiger partial charge on any atom is 0.343 e. The zero-order chi connectivity index (χ0) is 15.9. The molecule has 0 saturated heterocycles. The molecule has 0 heterocycles. The van der Waals surface area contributed by atoms with Gasteiger partial charge in [0.05, 0.1) is 11.5 Å². The number of halogens is 1. The van der Waals surface area contributed by atoms with E-state index in [2.05, 4.69) is 10.8 Å². The van der Waals surface area contributed by atoms with E-state index in [1.807, 2.05) is 30.3 Å². The molecule has 0 spiro atoms. The van der Waals surface area contributed by atoms with Crippen LogP contribution in [0.5, 0.6) is 0 Å². The lowest BCUT2D eigenvalue weighted by molar-refractivity contribution is -0.384. The van der Waals surface area contributed by atoms with E-state index in [0.717, 1.165) is 5.56 Å². The van der Waals surface area contributed by atoms with Crippen molar-refractivity contribution in [3.63, 3.8) is 0 Å². The van der Waals surface area contributed by atoms with Crippen LogP contribution >= 0.6 is 11.6 Å². The van der Waals surface area contributed by atoms with Gasteiger partial charge < -0.3 is 5.32 Å². The first-order valence-corrected chi connectivity index (χ1v) is 6.60. The summed E-state index contributed by atoms with van der Waals surface area (Å²) in [6.07, 6.45) is 0. The highest BCUT2D eigenvalue weighted by atomic mass is 35.5. The molecular weight excluding hydrogens is 310 g/mol. The van der Waals surface area contributed by atoms with E-state index in [1.165, 1.54) is 18.2 Å². The third-order valence-corrected chi connectivity index (χ3v) is 2.97. The molecule has 0 aliphatic carbocycles. The number of amides is 2. The molecule has 0 aliphatic heterocycles. The second-order valence-electron chi connectivity index (χ2n) is 4.25. The Bertz CT molecular complexity index is 679. The van der Waals surface area contributed by atoms with Gasteiger partial charge in [-0.05, 0) is 17.7 Å². The van der Waals surface area contributed by atoms with Gasteiger partial charge in [0.15, 0.2) is 0 Å². The zero-order valence-electron chi connectivity index (χ0n) is 11.3. The largest absolute Gasteiger partial charge is 0.343 e. The molecule has 0 aliphatic rings. The summed E-state index contributed by atoms with van der Waals surface area (Å²) in [6.45, 7) is 0.203. The number of nitro benzene ring substituents is 1. The van der Waals surface area contributed by atoms with Gasteiger partial charge in [0, 0.05) is 11.8 Å². The summed E-state index contributed by atoms with van der Waals surface area (Å²) >= 11 is 5.68. The normalized spacial score (nSPS) is 10.0. The fraction of sp³-hybridized carbons (Fsp3) is 0.0714. The Labute approximate surface area is 131 Å². The molecule has 2 aromatic rings. The maximum absolute atomic E-state index is 11.6. The van der Waals surface area contributed by atoms with Crippen molar-refractivity contribution in [1.29, 1.82) is 0 Å². The van der Waals surface area contributed by atoms with Crippen LogP contribution in [0.4, 0.5) is 16.2 Å². The molecule has 0 atom stereocenters. The second-order valence-corrected chi connectivity index (χ2v) is 4.66. The Morgan fingerprint density at radius 3 is 2.64 bits per heavy atom. The van der Waals surface area contributed by atoms with Crippen molar-refractivity contribution in [2.45, 2.75) is 6.61 Å². The van der Waals surface area contributed by atoms with Gasteiger partial charge in [-0.15, -0.1) is 0 Å². The average molecular weight is 322 g/mol. The predicted octanol–water partition coefficient (Wildman–Crippen LogP) is 3.50. The number of hydrogen-bond donors (Lipinski definition) is 2. The summed E-state index contributed by atoms with van der Waals surface area (Å²) in [5.41, 5.74) is 3.03. The Kier molecular flexibility index (Phi) is 5.29. The van der Waals surface area contributed by atoms with Crippen molar-refractivity contribution >= 4 is 29.0 Å². The molecule has 0 bridgehead atoms. The lowest BCUT2D eigenvalue weighted by Gasteiger charge is -2.08. The van der Waals surface area contributed by atoms with Gasteiger partial charge in [0.2, 0.25) is 0 Å². The van der Waals surface area contributed by atoms with Crippen LogP contribution in [0.3, 0.4) is 0 Å². The molecule has 8 heteroatoms. The zero-order valence-corrected chi connectivity index (χ0v) is 12.0. The Balaban J connectivity index is 1.87. The van der Waals surface area contributed by atoms with Crippen LogP contribution in [0.1, 0.15) is 5.56 Å². The maximum atomic E-state index is 11.6. The number of anilines is 1. The van der Waals surface area contributed by atoms with Gasteiger partial charge in [0.25, 0.3) is 5.69 Å². The summed E-state index contributed by atoms with van der Waals surface area (Å²) in [5.74, 6) is 0. The number of rotatable bonds is 5. The smallest absolute Gasteiger partial charge is 0.306 e. The van der Waals surface area contributed by atoms with Gasteiger partial charge in [-0.25, -0.2) is 10.3 Å². The Morgan fingerprint density at radius 1 is 1.23 bits per heavy atom. The fourth-order valence-electron chi connectivity index (χ4n) is 1.65. The molecular formula is C14H12ClN3O4. The molecule has 0 radical (unpaired) electrons. The topological polar surface area (TPSA) is 93.5 Å². The third kappa shape index (κ3) is 4.44. The second kappa shape index (κ2) is 7.39. The van der Waals surface area contributed by atoms with Crippen molar-refractivity contribution in [1.82, 2.24) is 5.48 Å². The van der Waals surface area contributed by atoms with Crippen LogP contribution in [-0.4, -0.2) is 11.0 Å². The number of nitrogens with one attached hydrogen (secondary N) is 2. The van der Waals surface area contributed by atoms with Crippen molar-refractivity contribution in [3.8, 4) is 0 Å². The molecule has 0 saturated carbocycles. The quantitative estimate of drug-likeness (QED) is 0.651.